The summed E-state index contributed by atoms with van der Waals surface area (Å²) >= 11 is 3.35. The van der Waals surface area contributed by atoms with Crippen LogP contribution < -0.4 is 5.32 Å². The Morgan fingerprint density at radius 2 is 1.86 bits per heavy atom. The van der Waals surface area contributed by atoms with E-state index in [4.69, 9.17) is 0 Å². The highest BCUT2D eigenvalue weighted by Crippen LogP contribution is 2.15. The largest absolute Gasteiger partial charge is 0.325 e. The molecule has 0 spiro atoms. The number of rotatable bonds is 5. The highest BCUT2D eigenvalue weighted by molar-refractivity contribution is 9.10. The van der Waals surface area contributed by atoms with Gasteiger partial charge in [0.2, 0.25) is 5.91 Å². The van der Waals surface area contributed by atoms with Crippen molar-refractivity contribution in [3.63, 3.8) is 0 Å². The van der Waals surface area contributed by atoms with E-state index in [9.17, 15) is 9.18 Å². The van der Waals surface area contributed by atoms with Crippen molar-refractivity contribution < 1.29 is 9.18 Å². The van der Waals surface area contributed by atoms with E-state index in [2.05, 4.69) is 21.2 Å². The second kappa shape index (κ2) is 7.51. The molecule has 2 rings (SSSR count). The molecule has 2 aromatic carbocycles. The monoisotopic (exact) mass is 364 g/mol. The number of hydrogen-bond donors (Lipinski definition) is 1. The van der Waals surface area contributed by atoms with Crippen molar-refractivity contribution in [1.29, 1.82) is 0 Å². The van der Waals surface area contributed by atoms with Crippen LogP contribution in [-0.4, -0.2) is 23.9 Å². The molecule has 0 saturated heterocycles. The van der Waals surface area contributed by atoms with Gasteiger partial charge in [0.15, 0.2) is 0 Å². The van der Waals surface area contributed by atoms with Crippen LogP contribution >= 0.6 is 15.9 Å². The summed E-state index contributed by atoms with van der Waals surface area (Å²) in [5.41, 5.74) is 1.31. The Morgan fingerprint density at radius 1 is 1.23 bits per heavy atom. The van der Waals surface area contributed by atoms with Crippen LogP contribution in [-0.2, 0) is 11.3 Å². The molecule has 1 amide bonds. The molecule has 0 aliphatic heterocycles. The molecule has 0 bridgehead atoms. The summed E-state index contributed by atoms with van der Waals surface area (Å²) in [4.78, 5) is 14.1. The van der Waals surface area contributed by atoms with Crippen LogP contribution in [0.1, 0.15) is 12.5 Å². The van der Waals surface area contributed by atoms with Gasteiger partial charge < -0.3 is 5.32 Å². The maximum absolute atomic E-state index is 13.7. The first kappa shape index (κ1) is 16.6. The third-order valence-corrected chi connectivity index (χ3v) is 4.06. The van der Waals surface area contributed by atoms with Crippen LogP contribution in [0.3, 0.4) is 0 Å². The van der Waals surface area contributed by atoms with Gasteiger partial charge in [-0.2, -0.15) is 0 Å². The number of benzene rings is 2. The average Bonchev–Trinajstić information content (AvgIpc) is 2.51. The van der Waals surface area contributed by atoms with E-state index in [1.54, 1.807) is 32.2 Å². The molecule has 0 aliphatic rings. The number of hydrogen-bond acceptors (Lipinski definition) is 2. The lowest BCUT2D eigenvalue weighted by molar-refractivity contribution is -0.120. The van der Waals surface area contributed by atoms with Gasteiger partial charge in [-0.15, -0.1) is 0 Å². The number of nitrogens with zero attached hydrogens (tertiary/aromatic N) is 1. The first-order valence-corrected chi connectivity index (χ1v) is 7.77. The number of amides is 1. The Morgan fingerprint density at radius 3 is 2.50 bits per heavy atom. The molecule has 0 saturated carbocycles. The van der Waals surface area contributed by atoms with Crippen molar-refractivity contribution in [3.05, 3.63) is 64.4 Å². The molecule has 1 atom stereocenters. The molecule has 0 fully saturated rings. The molecule has 0 aliphatic carbocycles. The zero-order chi connectivity index (χ0) is 16.1. The lowest BCUT2D eigenvalue weighted by atomic mass is 10.1. The van der Waals surface area contributed by atoms with Gasteiger partial charge in [0.25, 0.3) is 0 Å². The van der Waals surface area contributed by atoms with Gasteiger partial charge in [-0.25, -0.2) is 4.39 Å². The van der Waals surface area contributed by atoms with Crippen LogP contribution in [0, 0.1) is 5.82 Å². The van der Waals surface area contributed by atoms with Gasteiger partial charge in [-0.1, -0.05) is 34.1 Å². The number of likely N-dealkylation sites (N-methyl/N-ethyl adjacent to an activating group) is 1. The number of nitrogens with one attached hydrogen (secondary N) is 1. The van der Waals surface area contributed by atoms with Crippen LogP contribution in [0.2, 0.25) is 0 Å². The van der Waals surface area contributed by atoms with Crippen LogP contribution in [0.25, 0.3) is 0 Å². The number of carbonyl (C=O) groups excluding carboxylic acids is 1. The number of carbonyl (C=O) groups is 1. The summed E-state index contributed by atoms with van der Waals surface area (Å²) < 4.78 is 14.6. The second-order valence-corrected chi connectivity index (χ2v) is 6.09. The fourth-order valence-corrected chi connectivity index (χ4v) is 2.28. The topological polar surface area (TPSA) is 32.3 Å². The van der Waals surface area contributed by atoms with Crippen LogP contribution in [0.5, 0.6) is 0 Å². The van der Waals surface area contributed by atoms with Crippen molar-refractivity contribution >= 4 is 27.5 Å². The molecule has 5 heteroatoms. The van der Waals surface area contributed by atoms with E-state index in [0.29, 0.717) is 12.1 Å². The zero-order valence-corrected chi connectivity index (χ0v) is 14.1. The van der Waals surface area contributed by atoms with Crippen LogP contribution in [0.15, 0.2) is 53.0 Å². The molecule has 0 unspecified atom stereocenters. The fourth-order valence-electron chi connectivity index (χ4n) is 2.01. The van der Waals surface area contributed by atoms with E-state index in [-0.39, 0.29) is 17.8 Å². The summed E-state index contributed by atoms with van der Waals surface area (Å²) in [5, 5.41) is 2.86. The van der Waals surface area contributed by atoms with Gasteiger partial charge in [-0.3, -0.25) is 9.69 Å². The summed E-state index contributed by atoms with van der Waals surface area (Å²) in [7, 11) is 1.80. The fraction of sp³-hybridized carbons (Fsp3) is 0.235. The normalized spacial score (nSPS) is 12.2. The quantitative estimate of drug-likeness (QED) is 0.867. The minimum Gasteiger partial charge on any atom is -0.325 e. The SMILES string of the molecule is C[C@@H](C(=O)Nc1ccc(Br)cc1)N(C)Cc1ccccc1F. The minimum absolute atomic E-state index is 0.124. The number of anilines is 1. The van der Waals surface area contributed by atoms with E-state index in [0.717, 1.165) is 10.2 Å². The molecule has 2 aromatic rings. The maximum Gasteiger partial charge on any atom is 0.241 e. The van der Waals surface area contributed by atoms with Gasteiger partial charge in [0, 0.05) is 22.3 Å². The average molecular weight is 365 g/mol. The molecule has 1 N–H and O–H groups in total. The Hall–Kier alpha value is -1.72. The number of halogens is 2. The third kappa shape index (κ3) is 4.39. The molecule has 0 radical (unpaired) electrons. The lowest BCUT2D eigenvalue weighted by Crippen LogP contribution is -2.39. The molecular formula is C17H18BrFN2O. The predicted octanol–water partition coefficient (Wildman–Crippen LogP) is 4.05. The van der Waals surface area contributed by atoms with Gasteiger partial charge in [-0.05, 0) is 44.3 Å². The van der Waals surface area contributed by atoms with E-state index >= 15 is 0 Å². The molecule has 116 valence electrons. The summed E-state index contributed by atoms with van der Waals surface area (Å²) in [6, 6.07) is 13.6. The summed E-state index contributed by atoms with van der Waals surface area (Å²) in [5.74, 6) is -0.379. The zero-order valence-electron chi connectivity index (χ0n) is 12.5. The summed E-state index contributed by atoms with van der Waals surface area (Å²) in [6.45, 7) is 2.18. The van der Waals surface area contributed by atoms with E-state index in [1.807, 2.05) is 29.2 Å². The van der Waals surface area contributed by atoms with Crippen molar-refractivity contribution in [1.82, 2.24) is 4.90 Å². The molecule has 0 heterocycles. The van der Waals surface area contributed by atoms with Crippen molar-refractivity contribution in [2.75, 3.05) is 12.4 Å². The van der Waals surface area contributed by atoms with Crippen molar-refractivity contribution in [2.45, 2.75) is 19.5 Å². The van der Waals surface area contributed by atoms with Crippen molar-refractivity contribution in [2.24, 2.45) is 0 Å². The molecule has 3 nitrogen and oxygen atoms in total. The van der Waals surface area contributed by atoms with Gasteiger partial charge in [0.05, 0.1) is 6.04 Å². The lowest BCUT2D eigenvalue weighted by Gasteiger charge is -2.24. The van der Waals surface area contributed by atoms with Gasteiger partial charge in [0.1, 0.15) is 5.82 Å². The molecular weight excluding hydrogens is 347 g/mol. The first-order valence-electron chi connectivity index (χ1n) is 6.97. The maximum atomic E-state index is 13.7. The Labute approximate surface area is 138 Å². The first-order chi connectivity index (χ1) is 10.5. The summed E-state index contributed by atoms with van der Waals surface area (Å²) in [6.07, 6.45) is 0. The highest BCUT2D eigenvalue weighted by Gasteiger charge is 2.19. The Balaban J connectivity index is 1.97. The molecule has 0 aromatic heterocycles. The smallest absolute Gasteiger partial charge is 0.241 e. The third-order valence-electron chi connectivity index (χ3n) is 3.53. The predicted molar refractivity (Wildman–Crippen MR) is 90.1 cm³/mol. The second-order valence-electron chi connectivity index (χ2n) is 5.18. The van der Waals surface area contributed by atoms with Crippen LogP contribution in [0.4, 0.5) is 10.1 Å². The Kier molecular flexibility index (Phi) is 5.69. The highest BCUT2D eigenvalue weighted by atomic mass is 79.9. The van der Waals surface area contributed by atoms with Gasteiger partial charge >= 0.3 is 0 Å². The van der Waals surface area contributed by atoms with Crippen molar-refractivity contribution in [3.8, 4) is 0 Å². The minimum atomic E-state index is -0.372. The molecule has 22 heavy (non-hydrogen) atoms. The standard InChI is InChI=1S/C17H18BrFN2O/c1-12(17(22)20-15-9-7-14(18)8-10-15)21(2)11-13-5-3-4-6-16(13)19/h3-10,12H,11H2,1-2H3,(H,20,22)/t12-/m0/s1. The van der Waals surface area contributed by atoms with E-state index in [1.165, 1.54) is 6.07 Å². The van der Waals surface area contributed by atoms with E-state index < -0.39 is 0 Å². The Bertz CT molecular complexity index is 645.